The molecule has 1 fully saturated rings. The summed E-state index contributed by atoms with van der Waals surface area (Å²) in [5, 5.41) is 0. The van der Waals surface area contributed by atoms with Gasteiger partial charge in [0.1, 0.15) is 11.9 Å². The van der Waals surface area contributed by atoms with Gasteiger partial charge in [0.05, 0.1) is 0 Å². The number of unbranched alkanes of at least 4 members (excludes halogenated alkanes) is 1. The van der Waals surface area contributed by atoms with E-state index in [1.165, 1.54) is 0 Å². The third-order valence-corrected chi connectivity index (χ3v) is 3.58. The van der Waals surface area contributed by atoms with Gasteiger partial charge in [0.2, 0.25) is 5.91 Å². The van der Waals surface area contributed by atoms with Crippen LogP contribution in [0.1, 0.15) is 39.0 Å². The van der Waals surface area contributed by atoms with E-state index in [1.807, 2.05) is 35.2 Å². The molecule has 0 aliphatic carbocycles. The molecule has 1 amide bonds. The Morgan fingerprint density at radius 3 is 2.58 bits per heavy atom. The molecule has 3 nitrogen and oxygen atoms in total. The van der Waals surface area contributed by atoms with E-state index < -0.39 is 0 Å². The molecule has 0 unspecified atom stereocenters. The predicted molar refractivity (Wildman–Crippen MR) is 76.2 cm³/mol. The Bertz CT molecular complexity index is 383. The number of hydrogen-bond acceptors (Lipinski definition) is 2. The van der Waals surface area contributed by atoms with Crippen molar-refractivity contribution in [1.82, 2.24) is 4.90 Å². The zero-order valence-electron chi connectivity index (χ0n) is 11.7. The van der Waals surface area contributed by atoms with Crippen LogP contribution >= 0.6 is 0 Å². The molecule has 2 rings (SSSR count). The number of ether oxygens (including phenoxy) is 1. The highest BCUT2D eigenvalue weighted by Crippen LogP contribution is 2.19. The van der Waals surface area contributed by atoms with Crippen molar-refractivity contribution in [3.8, 4) is 5.75 Å². The number of rotatable bonds is 5. The molecule has 1 aromatic carbocycles. The van der Waals surface area contributed by atoms with Crippen LogP contribution in [0.15, 0.2) is 30.3 Å². The number of para-hydroxylation sites is 1. The average molecular weight is 261 g/mol. The molecule has 0 atom stereocenters. The first-order chi connectivity index (χ1) is 9.29. The maximum atomic E-state index is 11.9. The van der Waals surface area contributed by atoms with Crippen molar-refractivity contribution in [3.05, 3.63) is 30.3 Å². The molecule has 0 bridgehead atoms. The van der Waals surface area contributed by atoms with Crippen LogP contribution in [0.4, 0.5) is 0 Å². The molecule has 1 aliphatic rings. The predicted octanol–water partition coefficient (Wildman–Crippen LogP) is 3.25. The van der Waals surface area contributed by atoms with Crippen LogP contribution in [-0.2, 0) is 4.79 Å². The van der Waals surface area contributed by atoms with Gasteiger partial charge >= 0.3 is 0 Å². The quantitative estimate of drug-likeness (QED) is 0.814. The monoisotopic (exact) mass is 261 g/mol. The van der Waals surface area contributed by atoms with E-state index in [9.17, 15) is 4.79 Å². The molecule has 1 heterocycles. The van der Waals surface area contributed by atoms with Gasteiger partial charge in [-0.05, 0) is 18.6 Å². The number of carbonyl (C=O) groups excluding carboxylic acids is 1. The van der Waals surface area contributed by atoms with Crippen LogP contribution in [0.5, 0.6) is 5.75 Å². The van der Waals surface area contributed by atoms with Gasteiger partial charge in [-0.3, -0.25) is 4.79 Å². The molecule has 1 aromatic rings. The second-order valence-corrected chi connectivity index (χ2v) is 5.11. The lowest BCUT2D eigenvalue weighted by Gasteiger charge is -2.32. The van der Waals surface area contributed by atoms with Gasteiger partial charge in [0.15, 0.2) is 0 Å². The molecule has 19 heavy (non-hydrogen) atoms. The number of piperidine rings is 1. The topological polar surface area (TPSA) is 29.5 Å². The first-order valence-electron chi connectivity index (χ1n) is 7.29. The van der Waals surface area contributed by atoms with Crippen molar-refractivity contribution in [1.29, 1.82) is 0 Å². The minimum atomic E-state index is 0.248. The summed E-state index contributed by atoms with van der Waals surface area (Å²) in [6.07, 6.45) is 4.90. The summed E-state index contributed by atoms with van der Waals surface area (Å²) in [4.78, 5) is 13.9. The molecular formula is C16H23NO2. The lowest BCUT2D eigenvalue weighted by molar-refractivity contribution is -0.133. The normalized spacial score (nSPS) is 16.4. The third-order valence-electron chi connectivity index (χ3n) is 3.58. The zero-order chi connectivity index (χ0) is 13.5. The molecular weight excluding hydrogens is 238 g/mol. The SMILES string of the molecule is CCCCC(=O)N1CCC(Oc2ccccc2)CC1. The number of hydrogen-bond donors (Lipinski definition) is 0. The molecule has 0 aromatic heterocycles. The fraction of sp³-hybridized carbons (Fsp3) is 0.562. The molecule has 0 spiro atoms. The maximum absolute atomic E-state index is 11.9. The molecule has 104 valence electrons. The molecule has 1 saturated heterocycles. The Morgan fingerprint density at radius 1 is 1.26 bits per heavy atom. The number of nitrogens with zero attached hydrogens (tertiary/aromatic N) is 1. The van der Waals surface area contributed by atoms with Crippen LogP contribution < -0.4 is 4.74 Å². The number of benzene rings is 1. The van der Waals surface area contributed by atoms with E-state index in [0.717, 1.165) is 44.5 Å². The maximum Gasteiger partial charge on any atom is 0.222 e. The van der Waals surface area contributed by atoms with Gasteiger partial charge in [0.25, 0.3) is 0 Å². The van der Waals surface area contributed by atoms with E-state index in [0.29, 0.717) is 12.3 Å². The Morgan fingerprint density at radius 2 is 1.95 bits per heavy atom. The van der Waals surface area contributed by atoms with Crippen LogP contribution in [-0.4, -0.2) is 30.0 Å². The van der Waals surface area contributed by atoms with Crippen LogP contribution in [0.2, 0.25) is 0 Å². The van der Waals surface area contributed by atoms with Crippen molar-refractivity contribution in [3.63, 3.8) is 0 Å². The molecule has 0 N–H and O–H groups in total. The van der Waals surface area contributed by atoms with Gasteiger partial charge < -0.3 is 9.64 Å². The van der Waals surface area contributed by atoms with Gasteiger partial charge in [-0.1, -0.05) is 31.5 Å². The molecule has 0 saturated carbocycles. The largest absolute Gasteiger partial charge is 0.490 e. The van der Waals surface area contributed by atoms with Crippen LogP contribution in [0.3, 0.4) is 0 Å². The summed E-state index contributed by atoms with van der Waals surface area (Å²) in [5.41, 5.74) is 0. The van der Waals surface area contributed by atoms with E-state index in [1.54, 1.807) is 0 Å². The smallest absolute Gasteiger partial charge is 0.222 e. The second kappa shape index (κ2) is 7.17. The van der Waals surface area contributed by atoms with Crippen molar-refractivity contribution < 1.29 is 9.53 Å². The van der Waals surface area contributed by atoms with E-state index in [-0.39, 0.29) is 6.10 Å². The van der Waals surface area contributed by atoms with Crippen LogP contribution in [0.25, 0.3) is 0 Å². The Balaban J connectivity index is 1.75. The number of amides is 1. The van der Waals surface area contributed by atoms with E-state index in [2.05, 4.69) is 6.92 Å². The zero-order valence-corrected chi connectivity index (χ0v) is 11.7. The fourth-order valence-corrected chi connectivity index (χ4v) is 2.40. The first kappa shape index (κ1) is 13.9. The Hall–Kier alpha value is -1.51. The number of likely N-dealkylation sites (tertiary alicyclic amines) is 1. The summed E-state index contributed by atoms with van der Waals surface area (Å²) >= 11 is 0. The van der Waals surface area contributed by atoms with Crippen LogP contribution in [0, 0.1) is 0 Å². The average Bonchev–Trinajstić information content (AvgIpc) is 2.46. The molecule has 1 aliphatic heterocycles. The number of carbonyl (C=O) groups is 1. The summed E-state index contributed by atoms with van der Waals surface area (Å²) in [6, 6.07) is 9.93. The van der Waals surface area contributed by atoms with Gasteiger partial charge in [-0.15, -0.1) is 0 Å². The van der Waals surface area contributed by atoms with E-state index >= 15 is 0 Å². The highest BCUT2D eigenvalue weighted by molar-refractivity contribution is 5.76. The lowest BCUT2D eigenvalue weighted by atomic mass is 10.1. The summed E-state index contributed by atoms with van der Waals surface area (Å²) < 4.78 is 5.93. The Kier molecular flexibility index (Phi) is 5.25. The second-order valence-electron chi connectivity index (χ2n) is 5.11. The molecule has 0 radical (unpaired) electrons. The standard InChI is InChI=1S/C16H23NO2/c1-2-3-9-16(18)17-12-10-15(11-13-17)19-14-7-5-4-6-8-14/h4-8,15H,2-3,9-13H2,1H3. The van der Waals surface area contributed by atoms with Crippen molar-refractivity contribution in [2.45, 2.75) is 45.1 Å². The molecule has 3 heteroatoms. The summed E-state index contributed by atoms with van der Waals surface area (Å²) in [5.74, 6) is 1.23. The first-order valence-corrected chi connectivity index (χ1v) is 7.29. The van der Waals surface area contributed by atoms with Gasteiger partial charge in [-0.2, -0.15) is 0 Å². The van der Waals surface area contributed by atoms with Gasteiger partial charge in [0, 0.05) is 32.4 Å². The summed E-state index contributed by atoms with van der Waals surface area (Å²) in [7, 11) is 0. The summed E-state index contributed by atoms with van der Waals surface area (Å²) in [6.45, 7) is 3.79. The lowest BCUT2D eigenvalue weighted by Crippen LogP contribution is -2.41. The third kappa shape index (κ3) is 4.27. The minimum absolute atomic E-state index is 0.248. The van der Waals surface area contributed by atoms with Crippen molar-refractivity contribution >= 4 is 5.91 Å². The highest BCUT2D eigenvalue weighted by Gasteiger charge is 2.23. The van der Waals surface area contributed by atoms with Gasteiger partial charge in [-0.25, -0.2) is 0 Å². The fourth-order valence-electron chi connectivity index (χ4n) is 2.40. The van der Waals surface area contributed by atoms with Crippen molar-refractivity contribution in [2.75, 3.05) is 13.1 Å². The van der Waals surface area contributed by atoms with Crippen molar-refractivity contribution in [2.24, 2.45) is 0 Å². The Labute approximate surface area is 115 Å². The van der Waals surface area contributed by atoms with E-state index in [4.69, 9.17) is 4.74 Å². The highest BCUT2D eigenvalue weighted by atomic mass is 16.5. The minimum Gasteiger partial charge on any atom is -0.490 e.